The number of hydrogen-bond acceptors (Lipinski definition) is 6. The lowest BCUT2D eigenvalue weighted by molar-refractivity contribution is -0.117. The van der Waals surface area contributed by atoms with Crippen molar-refractivity contribution in [3.8, 4) is 0 Å². The Morgan fingerprint density at radius 1 is 1.33 bits per heavy atom. The summed E-state index contributed by atoms with van der Waals surface area (Å²) in [5, 5.41) is 10.0. The Kier molecular flexibility index (Phi) is 4.35. The quantitative estimate of drug-likeness (QED) is 0.771. The minimum absolute atomic E-state index is 0.184. The molecule has 0 spiro atoms. The maximum absolute atomic E-state index is 12.6. The lowest BCUT2D eigenvalue weighted by atomic mass is 10.3. The van der Waals surface area contributed by atoms with E-state index in [1.165, 1.54) is 11.8 Å². The van der Waals surface area contributed by atoms with Crippen LogP contribution in [0.1, 0.15) is 31.6 Å². The molecular formula is C15H19N5O3S. The molecule has 3 rings (SSSR count). The van der Waals surface area contributed by atoms with Crippen molar-refractivity contribution in [3.63, 3.8) is 0 Å². The van der Waals surface area contributed by atoms with E-state index in [4.69, 9.17) is 0 Å². The van der Waals surface area contributed by atoms with Gasteiger partial charge in [-0.25, -0.2) is 13.1 Å². The average molecular weight is 349 g/mol. The zero-order chi connectivity index (χ0) is 17.3. The van der Waals surface area contributed by atoms with Crippen molar-refractivity contribution in [2.45, 2.75) is 36.8 Å². The van der Waals surface area contributed by atoms with Gasteiger partial charge in [-0.1, -0.05) is 18.2 Å². The lowest BCUT2D eigenvalue weighted by Gasteiger charge is -2.21. The molecule has 24 heavy (non-hydrogen) atoms. The predicted molar refractivity (Wildman–Crippen MR) is 88.0 cm³/mol. The molecule has 1 atom stereocenters. The predicted octanol–water partition coefficient (Wildman–Crippen LogP) is 0.974. The number of para-hydroxylation sites is 1. The number of hydrogen-bond donors (Lipinski definition) is 0. The summed E-state index contributed by atoms with van der Waals surface area (Å²) in [7, 11) is -2.15. The summed E-state index contributed by atoms with van der Waals surface area (Å²) < 4.78 is 26.8. The number of carbonyl (C=O) groups excluding carboxylic acids is 1. The topological polar surface area (TPSA) is 98.1 Å². The minimum atomic E-state index is -3.72. The van der Waals surface area contributed by atoms with Crippen LogP contribution in [0.3, 0.4) is 0 Å². The van der Waals surface area contributed by atoms with E-state index in [0.717, 1.165) is 12.8 Å². The zero-order valence-electron chi connectivity index (χ0n) is 13.5. The average Bonchev–Trinajstić information content (AvgIpc) is 3.33. The standard InChI is InChI=1S/C15H19N5O3S/c1-11(15(21)19(2)12-6-4-3-5-7-12)24(22,23)10-14-16-17-18-20(14)13-8-9-13/h3-7,11,13H,8-10H2,1-2H3/t11-/m0/s1. The number of rotatable bonds is 6. The van der Waals surface area contributed by atoms with Crippen molar-refractivity contribution in [1.29, 1.82) is 0 Å². The fourth-order valence-corrected chi connectivity index (χ4v) is 3.69. The van der Waals surface area contributed by atoms with E-state index in [0.29, 0.717) is 11.5 Å². The first-order valence-corrected chi connectivity index (χ1v) is 9.42. The molecule has 2 aromatic rings. The van der Waals surface area contributed by atoms with Crippen LogP contribution in [0.25, 0.3) is 0 Å². The van der Waals surface area contributed by atoms with Gasteiger partial charge < -0.3 is 4.90 Å². The Hall–Kier alpha value is -2.29. The number of aromatic nitrogens is 4. The maximum Gasteiger partial charge on any atom is 0.244 e. The summed E-state index contributed by atoms with van der Waals surface area (Å²) in [6, 6.07) is 9.11. The van der Waals surface area contributed by atoms with Crippen molar-refractivity contribution in [3.05, 3.63) is 36.2 Å². The molecule has 0 saturated heterocycles. The van der Waals surface area contributed by atoms with E-state index in [-0.39, 0.29) is 11.8 Å². The van der Waals surface area contributed by atoms with E-state index in [9.17, 15) is 13.2 Å². The number of nitrogens with zero attached hydrogens (tertiary/aromatic N) is 5. The Balaban J connectivity index is 1.76. The molecule has 9 heteroatoms. The summed E-state index contributed by atoms with van der Waals surface area (Å²) in [4.78, 5) is 13.9. The highest BCUT2D eigenvalue weighted by molar-refractivity contribution is 7.92. The third-order valence-corrected chi connectivity index (χ3v) is 6.08. The monoisotopic (exact) mass is 349 g/mol. The summed E-state index contributed by atoms with van der Waals surface area (Å²) in [6.07, 6.45) is 1.90. The van der Waals surface area contributed by atoms with Gasteiger partial charge in [0.05, 0.1) is 6.04 Å². The Bertz CT molecular complexity index is 830. The summed E-state index contributed by atoms with van der Waals surface area (Å²) in [6.45, 7) is 1.41. The van der Waals surface area contributed by atoms with E-state index in [2.05, 4.69) is 15.5 Å². The highest BCUT2D eigenvalue weighted by Crippen LogP contribution is 2.34. The van der Waals surface area contributed by atoms with Crippen LogP contribution < -0.4 is 4.90 Å². The van der Waals surface area contributed by atoms with Crippen molar-refractivity contribution >= 4 is 21.4 Å². The van der Waals surface area contributed by atoms with Crippen LogP contribution in [-0.4, -0.2) is 46.8 Å². The van der Waals surface area contributed by atoms with E-state index < -0.39 is 21.0 Å². The van der Waals surface area contributed by atoms with Crippen LogP contribution >= 0.6 is 0 Å². The number of carbonyl (C=O) groups is 1. The first-order chi connectivity index (χ1) is 11.4. The van der Waals surface area contributed by atoms with Crippen LogP contribution in [0.2, 0.25) is 0 Å². The van der Waals surface area contributed by atoms with Crippen molar-refractivity contribution in [1.82, 2.24) is 20.2 Å². The van der Waals surface area contributed by atoms with E-state index in [1.807, 2.05) is 6.07 Å². The molecular weight excluding hydrogens is 330 g/mol. The number of sulfone groups is 1. The number of amides is 1. The van der Waals surface area contributed by atoms with Crippen LogP contribution in [0, 0.1) is 0 Å². The first-order valence-electron chi connectivity index (χ1n) is 7.71. The number of anilines is 1. The summed E-state index contributed by atoms with van der Waals surface area (Å²) >= 11 is 0. The first kappa shape index (κ1) is 16.6. The highest BCUT2D eigenvalue weighted by Gasteiger charge is 2.35. The van der Waals surface area contributed by atoms with Gasteiger partial charge in [0, 0.05) is 12.7 Å². The summed E-state index contributed by atoms with van der Waals surface area (Å²) in [5.74, 6) is -0.530. The largest absolute Gasteiger partial charge is 0.314 e. The van der Waals surface area contributed by atoms with E-state index in [1.54, 1.807) is 36.0 Å². The van der Waals surface area contributed by atoms with Gasteiger partial charge in [0.1, 0.15) is 11.0 Å². The minimum Gasteiger partial charge on any atom is -0.314 e. The molecule has 0 N–H and O–H groups in total. The van der Waals surface area contributed by atoms with Gasteiger partial charge >= 0.3 is 0 Å². The van der Waals surface area contributed by atoms with Gasteiger partial charge in [0.15, 0.2) is 15.7 Å². The Morgan fingerprint density at radius 3 is 2.62 bits per heavy atom. The molecule has 0 aliphatic heterocycles. The highest BCUT2D eigenvalue weighted by atomic mass is 32.2. The van der Waals surface area contributed by atoms with Gasteiger partial charge in [-0.3, -0.25) is 4.79 Å². The van der Waals surface area contributed by atoms with Crippen molar-refractivity contribution < 1.29 is 13.2 Å². The second-order valence-corrected chi connectivity index (χ2v) is 8.27. The van der Waals surface area contributed by atoms with Gasteiger partial charge in [-0.05, 0) is 42.3 Å². The number of tetrazole rings is 1. The lowest BCUT2D eigenvalue weighted by Crippen LogP contribution is -2.40. The molecule has 8 nitrogen and oxygen atoms in total. The molecule has 1 amide bonds. The molecule has 0 unspecified atom stereocenters. The van der Waals surface area contributed by atoms with Gasteiger partial charge in [0.25, 0.3) is 0 Å². The molecule has 1 aliphatic carbocycles. The van der Waals surface area contributed by atoms with Crippen LogP contribution in [0.4, 0.5) is 5.69 Å². The van der Waals surface area contributed by atoms with Crippen molar-refractivity contribution in [2.75, 3.05) is 11.9 Å². The molecule has 1 fully saturated rings. The maximum atomic E-state index is 12.6. The van der Waals surface area contributed by atoms with Crippen LogP contribution in [-0.2, 0) is 20.4 Å². The van der Waals surface area contributed by atoms with Crippen molar-refractivity contribution in [2.24, 2.45) is 0 Å². The summed E-state index contributed by atoms with van der Waals surface area (Å²) in [5.41, 5.74) is 0.646. The Labute approximate surface area is 140 Å². The SMILES string of the molecule is C[C@@H](C(=O)N(C)c1ccccc1)S(=O)(=O)Cc1nnnn1C1CC1. The molecule has 1 aliphatic rings. The molecule has 1 aromatic carbocycles. The second-order valence-electron chi connectivity index (χ2n) is 5.95. The van der Waals surface area contributed by atoms with Crippen LogP contribution in [0.15, 0.2) is 30.3 Å². The molecule has 1 heterocycles. The molecule has 0 radical (unpaired) electrons. The smallest absolute Gasteiger partial charge is 0.244 e. The number of benzene rings is 1. The van der Waals surface area contributed by atoms with Crippen LogP contribution in [0.5, 0.6) is 0 Å². The molecule has 1 saturated carbocycles. The molecule has 1 aromatic heterocycles. The molecule has 0 bridgehead atoms. The third kappa shape index (κ3) is 3.30. The fourth-order valence-electron chi connectivity index (χ4n) is 2.42. The Morgan fingerprint density at radius 2 is 2.00 bits per heavy atom. The molecule has 128 valence electrons. The van der Waals surface area contributed by atoms with Gasteiger partial charge in [-0.15, -0.1) is 5.10 Å². The fraction of sp³-hybridized carbons (Fsp3) is 0.467. The third-order valence-electron chi connectivity index (χ3n) is 4.14. The van der Waals surface area contributed by atoms with Gasteiger partial charge in [0.2, 0.25) is 5.91 Å². The zero-order valence-corrected chi connectivity index (χ0v) is 14.3. The second kappa shape index (κ2) is 6.31. The van der Waals surface area contributed by atoms with Gasteiger partial charge in [-0.2, -0.15) is 0 Å². The van der Waals surface area contributed by atoms with E-state index >= 15 is 0 Å². The normalized spacial score (nSPS) is 15.9.